The normalized spacial score (nSPS) is 15.1. The highest BCUT2D eigenvalue weighted by molar-refractivity contribution is 7.99. The third kappa shape index (κ3) is 2.07. The van der Waals surface area contributed by atoms with E-state index in [4.69, 9.17) is 5.11 Å². The Morgan fingerprint density at radius 1 is 1.29 bits per heavy atom. The van der Waals surface area contributed by atoms with Gasteiger partial charge < -0.3 is 5.11 Å². The molecule has 0 fully saturated rings. The molecule has 0 unspecified atom stereocenters. The van der Waals surface area contributed by atoms with Crippen molar-refractivity contribution in [1.29, 1.82) is 0 Å². The first kappa shape index (κ1) is 11.4. The summed E-state index contributed by atoms with van der Waals surface area (Å²) in [6, 6.07) is 0. The number of hydrogen-bond acceptors (Lipinski definition) is 5. The molecule has 90 valence electrons. The molecule has 0 atom stereocenters. The molecule has 1 aliphatic carbocycles. The van der Waals surface area contributed by atoms with Gasteiger partial charge in [0.2, 0.25) is 0 Å². The smallest absolute Gasteiger partial charge is 0.128 e. The van der Waals surface area contributed by atoms with Crippen molar-refractivity contribution in [3.63, 3.8) is 0 Å². The lowest BCUT2D eigenvalue weighted by atomic mass is 9.97. The standard InChI is InChI=1S/C12H14N2OS2/c15-5-6-16-11-10-8-3-1-2-4-9(8)17-12(10)14-7-13-11/h7,15H,1-6H2. The Kier molecular flexibility index (Phi) is 3.31. The van der Waals surface area contributed by atoms with Crippen LogP contribution in [0.3, 0.4) is 0 Å². The van der Waals surface area contributed by atoms with Crippen molar-refractivity contribution in [1.82, 2.24) is 9.97 Å². The van der Waals surface area contributed by atoms with E-state index in [1.165, 1.54) is 35.1 Å². The van der Waals surface area contributed by atoms with Crippen LogP contribution in [0.2, 0.25) is 0 Å². The van der Waals surface area contributed by atoms with Crippen LogP contribution in [0.4, 0.5) is 0 Å². The molecule has 5 heteroatoms. The second-order valence-corrected chi connectivity index (χ2v) is 6.31. The highest BCUT2D eigenvalue weighted by Crippen LogP contribution is 2.38. The number of thiophene rings is 1. The predicted octanol–water partition coefficient (Wildman–Crippen LogP) is 2.65. The van der Waals surface area contributed by atoms with Crippen molar-refractivity contribution >= 4 is 33.3 Å². The Balaban J connectivity index is 2.12. The maximum absolute atomic E-state index is 8.93. The number of rotatable bonds is 3. The molecule has 0 saturated carbocycles. The summed E-state index contributed by atoms with van der Waals surface area (Å²) >= 11 is 3.45. The summed E-state index contributed by atoms with van der Waals surface area (Å²) in [5.41, 5.74) is 1.47. The summed E-state index contributed by atoms with van der Waals surface area (Å²) in [7, 11) is 0. The van der Waals surface area contributed by atoms with Crippen LogP contribution in [-0.2, 0) is 12.8 Å². The third-order valence-corrected chi connectivity index (χ3v) is 5.22. The fourth-order valence-corrected chi connectivity index (χ4v) is 4.38. The van der Waals surface area contributed by atoms with Gasteiger partial charge >= 0.3 is 0 Å². The van der Waals surface area contributed by atoms with Crippen LogP contribution in [0.15, 0.2) is 11.4 Å². The second kappa shape index (κ2) is 4.92. The topological polar surface area (TPSA) is 46.0 Å². The number of aryl methyl sites for hydroxylation is 2. The Bertz CT molecular complexity index is 539. The number of fused-ring (bicyclic) bond motifs is 3. The van der Waals surface area contributed by atoms with Crippen LogP contribution < -0.4 is 0 Å². The van der Waals surface area contributed by atoms with Crippen molar-refractivity contribution in [3.05, 3.63) is 16.8 Å². The van der Waals surface area contributed by atoms with Gasteiger partial charge in [0.25, 0.3) is 0 Å². The number of hydrogen-bond donors (Lipinski definition) is 1. The highest BCUT2D eigenvalue weighted by Gasteiger charge is 2.19. The van der Waals surface area contributed by atoms with Gasteiger partial charge in [-0.25, -0.2) is 9.97 Å². The summed E-state index contributed by atoms with van der Waals surface area (Å²) < 4.78 is 0. The van der Waals surface area contributed by atoms with E-state index < -0.39 is 0 Å². The van der Waals surface area contributed by atoms with Crippen LogP contribution in [0, 0.1) is 0 Å². The van der Waals surface area contributed by atoms with Gasteiger partial charge in [0.05, 0.1) is 6.61 Å². The molecule has 1 N–H and O–H groups in total. The molecule has 2 aromatic rings. The van der Waals surface area contributed by atoms with E-state index in [0.29, 0.717) is 5.75 Å². The van der Waals surface area contributed by atoms with E-state index >= 15 is 0 Å². The minimum absolute atomic E-state index is 0.197. The average molecular weight is 266 g/mol. The van der Waals surface area contributed by atoms with E-state index in [9.17, 15) is 0 Å². The van der Waals surface area contributed by atoms with Crippen molar-refractivity contribution in [2.24, 2.45) is 0 Å². The van der Waals surface area contributed by atoms with Crippen molar-refractivity contribution in [2.45, 2.75) is 30.7 Å². The summed E-state index contributed by atoms with van der Waals surface area (Å²) in [6.07, 6.45) is 6.57. The van der Waals surface area contributed by atoms with Crippen molar-refractivity contribution in [2.75, 3.05) is 12.4 Å². The molecule has 0 aromatic carbocycles. The third-order valence-electron chi connectivity index (χ3n) is 3.05. The zero-order valence-electron chi connectivity index (χ0n) is 9.48. The van der Waals surface area contributed by atoms with Gasteiger partial charge in [-0.1, -0.05) is 0 Å². The molecular formula is C12H14N2OS2. The molecule has 3 rings (SSSR count). The largest absolute Gasteiger partial charge is 0.396 e. The molecule has 2 aromatic heterocycles. The van der Waals surface area contributed by atoms with Crippen LogP contribution in [0.25, 0.3) is 10.2 Å². The Hall–Kier alpha value is -0.650. The predicted molar refractivity (Wildman–Crippen MR) is 71.9 cm³/mol. The SMILES string of the molecule is OCCSc1ncnc2sc3c(c12)CCCC3. The summed E-state index contributed by atoms with van der Waals surface area (Å²) in [5.74, 6) is 0.705. The highest BCUT2D eigenvalue weighted by atomic mass is 32.2. The fourth-order valence-electron chi connectivity index (χ4n) is 2.31. The lowest BCUT2D eigenvalue weighted by Crippen LogP contribution is -1.99. The Labute approximate surface area is 108 Å². The lowest BCUT2D eigenvalue weighted by molar-refractivity contribution is 0.322. The van der Waals surface area contributed by atoms with E-state index in [-0.39, 0.29) is 6.61 Å². The maximum Gasteiger partial charge on any atom is 0.128 e. The van der Waals surface area contributed by atoms with Crippen LogP contribution in [0.5, 0.6) is 0 Å². The number of nitrogens with zero attached hydrogens (tertiary/aromatic N) is 2. The number of aliphatic hydroxyl groups excluding tert-OH is 1. The van der Waals surface area contributed by atoms with Gasteiger partial charge in [0.1, 0.15) is 16.2 Å². The minimum Gasteiger partial charge on any atom is -0.396 e. The van der Waals surface area contributed by atoms with E-state index in [1.807, 2.05) is 11.3 Å². The lowest BCUT2D eigenvalue weighted by Gasteiger charge is -2.11. The fraction of sp³-hybridized carbons (Fsp3) is 0.500. The van der Waals surface area contributed by atoms with Crippen LogP contribution >= 0.6 is 23.1 Å². The van der Waals surface area contributed by atoms with Gasteiger partial charge in [-0.2, -0.15) is 0 Å². The first-order valence-corrected chi connectivity index (χ1v) is 7.69. The summed E-state index contributed by atoms with van der Waals surface area (Å²) in [4.78, 5) is 11.4. The average Bonchev–Trinajstić information content (AvgIpc) is 2.75. The van der Waals surface area contributed by atoms with Gasteiger partial charge in [-0.15, -0.1) is 23.1 Å². The minimum atomic E-state index is 0.197. The molecule has 2 heterocycles. The Morgan fingerprint density at radius 2 is 2.18 bits per heavy atom. The van der Waals surface area contributed by atoms with E-state index in [1.54, 1.807) is 18.1 Å². The van der Waals surface area contributed by atoms with Gasteiger partial charge in [-0.3, -0.25) is 0 Å². The monoisotopic (exact) mass is 266 g/mol. The molecule has 0 radical (unpaired) electrons. The number of aromatic nitrogens is 2. The first-order chi connectivity index (χ1) is 8.40. The molecule has 3 nitrogen and oxygen atoms in total. The second-order valence-electron chi connectivity index (χ2n) is 4.14. The van der Waals surface area contributed by atoms with Crippen molar-refractivity contribution in [3.8, 4) is 0 Å². The van der Waals surface area contributed by atoms with E-state index in [2.05, 4.69) is 9.97 Å². The molecule has 17 heavy (non-hydrogen) atoms. The van der Waals surface area contributed by atoms with Gasteiger partial charge in [-0.05, 0) is 31.2 Å². The summed E-state index contributed by atoms with van der Waals surface area (Å²) in [6.45, 7) is 0.197. The summed E-state index contributed by atoms with van der Waals surface area (Å²) in [5, 5.41) is 11.2. The molecule has 0 aliphatic heterocycles. The van der Waals surface area contributed by atoms with Gasteiger partial charge in [0, 0.05) is 16.0 Å². The molecule has 0 spiro atoms. The molecule has 0 saturated heterocycles. The molecular weight excluding hydrogens is 252 g/mol. The van der Waals surface area contributed by atoms with E-state index in [0.717, 1.165) is 16.3 Å². The molecule has 0 bridgehead atoms. The first-order valence-electron chi connectivity index (χ1n) is 5.89. The number of thioether (sulfide) groups is 1. The zero-order valence-corrected chi connectivity index (χ0v) is 11.1. The number of aliphatic hydroxyl groups is 1. The van der Waals surface area contributed by atoms with Crippen LogP contribution in [0.1, 0.15) is 23.3 Å². The maximum atomic E-state index is 8.93. The van der Waals surface area contributed by atoms with Gasteiger partial charge in [0.15, 0.2) is 0 Å². The van der Waals surface area contributed by atoms with Crippen molar-refractivity contribution < 1.29 is 5.11 Å². The zero-order chi connectivity index (χ0) is 11.7. The Morgan fingerprint density at radius 3 is 3.06 bits per heavy atom. The molecule has 0 amide bonds. The molecule has 1 aliphatic rings. The van der Waals surface area contributed by atoms with Crippen LogP contribution in [-0.4, -0.2) is 27.4 Å². The quantitative estimate of drug-likeness (QED) is 0.685.